The fourth-order valence-electron chi connectivity index (χ4n) is 9.09. The van der Waals surface area contributed by atoms with Crippen molar-refractivity contribution in [3.8, 4) is 68.0 Å². The van der Waals surface area contributed by atoms with Gasteiger partial charge in [-0.2, -0.15) is 0 Å². The second-order valence-electron chi connectivity index (χ2n) is 19.1. The molecule has 78 heavy (non-hydrogen) atoms. The van der Waals surface area contributed by atoms with E-state index >= 15 is 0 Å². The maximum Gasteiger partial charge on any atom is 0.251 e. The number of carbonyl (C=O) groups is 2. The number of aromatic nitrogens is 4. The smallest absolute Gasteiger partial charge is 0.251 e. The molecule has 0 aliphatic heterocycles. The second kappa shape index (κ2) is 25.9. The van der Waals surface area contributed by atoms with Crippen LogP contribution in [0.1, 0.15) is 52.6 Å². The van der Waals surface area contributed by atoms with Gasteiger partial charge in [0.1, 0.15) is 23.0 Å². The molecule has 2 N–H and O–H groups in total. The SMILES string of the molecule is CCOc1ccc(-c2nc3ccc(C(=O)NCCN(C)Cc4ccccc4)cc3nc2-c2ccc(OCC)c(CCOc3ccc(-c4nc5ccc(C(=O)NCCN(C)C)cc5nc4-c4ccc(OCC)cc4)cc3)c2)cc1. The van der Waals surface area contributed by atoms with Gasteiger partial charge in [0, 0.05) is 72.5 Å². The van der Waals surface area contributed by atoms with Crippen LogP contribution < -0.4 is 29.6 Å². The summed E-state index contributed by atoms with van der Waals surface area (Å²) in [5, 5.41) is 6.08. The summed E-state index contributed by atoms with van der Waals surface area (Å²) in [5.41, 5.74) is 11.9. The van der Waals surface area contributed by atoms with E-state index in [4.69, 9.17) is 38.9 Å². The molecule has 0 bridgehead atoms. The minimum absolute atomic E-state index is 0.162. The van der Waals surface area contributed by atoms with Crippen LogP contribution in [0.15, 0.2) is 158 Å². The van der Waals surface area contributed by atoms with Gasteiger partial charge >= 0.3 is 0 Å². The Kier molecular flexibility index (Phi) is 17.9. The van der Waals surface area contributed by atoms with Gasteiger partial charge < -0.3 is 39.4 Å². The van der Waals surface area contributed by atoms with Gasteiger partial charge in [-0.1, -0.05) is 30.3 Å². The summed E-state index contributed by atoms with van der Waals surface area (Å²) < 4.78 is 24.1. The van der Waals surface area contributed by atoms with Crippen molar-refractivity contribution >= 4 is 33.9 Å². The molecule has 14 heteroatoms. The zero-order chi connectivity index (χ0) is 54.4. The molecule has 0 saturated carbocycles. The molecule has 7 aromatic carbocycles. The quantitative estimate of drug-likeness (QED) is 0.0592. The molecule has 0 atom stereocenters. The van der Waals surface area contributed by atoms with Crippen molar-refractivity contribution < 1.29 is 28.5 Å². The Morgan fingerprint density at radius 3 is 1.40 bits per heavy atom. The lowest BCUT2D eigenvalue weighted by atomic mass is 10.00. The first-order valence-electron chi connectivity index (χ1n) is 26.6. The predicted molar refractivity (Wildman–Crippen MR) is 310 cm³/mol. The van der Waals surface area contributed by atoms with E-state index in [-0.39, 0.29) is 11.8 Å². The molecule has 14 nitrogen and oxygen atoms in total. The first-order valence-corrected chi connectivity index (χ1v) is 26.6. The number of rotatable bonds is 24. The summed E-state index contributed by atoms with van der Waals surface area (Å²) in [4.78, 5) is 51.6. The third-order valence-electron chi connectivity index (χ3n) is 13.1. The molecule has 0 radical (unpaired) electrons. The van der Waals surface area contributed by atoms with Crippen LogP contribution in [0.25, 0.3) is 67.1 Å². The minimum Gasteiger partial charge on any atom is -0.494 e. The Hall–Kier alpha value is -8.72. The standard InChI is InChI=1S/C64H66N8O6/c1-7-75-51-24-15-45(16-25-51)60-59(67-54-30-21-49(40-56(54)69-60)63(73)65-34-36-71(4)5)44-19-28-53(29-20-44)78-38-33-47-39-48(23-32-58(47)77-9-3)62-61(46-17-26-52(27-18-46)76-8-2)68-55-31-22-50(41-57(55)70-62)64(74)66-35-37-72(6)42-43-13-11-10-12-14-43/h10-32,39-41H,7-9,33-38,42H2,1-6H3,(H,65,73)(H,66,74). The molecule has 2 aromatic heterocycles. The zero-order valence-electron chi connectivity index (χ0n) is 45.2. The monoisotopic (exact) mass is 1040 g/mol. The number of amides is 2. The highest BCUT2D eigenvalue weighted by Crippen LogP contribution is 2.36. The first-order chi connectivity index (χ1) is 38.0. The maximum absolute atomic E-state index is 13.5. The molecule has 0 saturated heterocycles. The predicted octanol–water partition coefficient (Wildman–Crippen LogP) is 11.2. The molecule has 2 heterocycles. The van der Waals surface area contributed by atoms with Crippen molar-refractivity contribution in [2.45, 2.75) is 33.7 Å². The number of fused-ring (bicyclic) bond motifs is 2. The fraction of sp³-hybridized carbons (Fsp3) is 0.250. The van der Waals surface area contributed by atoms with Gasteiger partial charge in [-0.3, -0.25) is 9.59 Å². The lowest BCUT2D eigenvalue weighted by Gasteiger charge is -2.17. The number of nitrogens with one attached hydrogen (secondary N) is 2. The third-order valence-corrected chi connectivity index (χ3v) is 13.1. The van der Waals surface area contributed by atoms with Crippen LogP contribution in [0.5, 0.6) is 23.0 Å². The largest absolute Gasteiger partial charge is 0.494 e. The molecule has 9 aromatic rings. The van der Waals surface area contributed by atoms with Crippen molar-refractivity contribution in [2.75, 3.05) is 73.7 Å². The summed E-state index contributed by atoms with van der Waals surface area (Å²) in [6.07, 6.45) is 0.531. The summed E-state index contributed by atoms with van der Waals surface area (Å²) in [6, 6.07) is 50.8. The molecule has 0 fully saturated rings. The highest BCUT2D eigenvalue weighted by molar-refractivity contribution is 5.99. The summed E-state index contributed by atoms with van der Waals surface area (Å²) in [7, 11) is 5.99. The molecule has 398 valence electrons. The number of benzene rings is 7. The number of ether oxygens (including phenoxy) is 4. The second-order valence-corrected chi connectivity index (χ2v) is 19.1. The topological polar surface area (TPSA) is 153 Å². The van der Waals surface area contributed by atoms with E-state index in [2.05, 4.69) is 33.7 Å². The molecule has 9 rings (SSSR count). The zero-order valence-corrected chi connectivity index (χ0v) is 45.2. The molecular formula is C64H66N8O6. The number of nitrogens with zero attached hydrogens (tertiary/aromatic N) is 6. The fourth-order valence-corrected chi connectivity index (χ4v) is 9.09. The molecular weight excluding hydrogens is 977 g/mol. The van der Waals surface area contributed by atoms with Crippen LogP contribution in [0, 0.1) is 0 Å². The molecule has 2 amide bonds. The first kappa shape index (κ1) is 54.1. The van der Waals surface area contributed by atoms with Crippen molar-refractivity contribution in [1.82, 2.24) is 40.4 Å². The van der Waals surface area contributed by atoms with Crippen molar-refractivity contribution in [1.29, 1.82) is 0 Å². The lowest BCUT2D eigenvalue weighted by Crippen LogP contribution is -2.32. The van der Waals surface area contributed by atoms with E-state index in [1.807, 2.05) is 168 Å². The van der Waals surface area contributed by atoms with E-state index in [9.17, 15) is 9.59 Å². The van der Waals surface area contributed by atoms with E-state index in [0.29, 0.717) is 114 Å². The minimum atomic E-state index is -0.175. The Labute approximate surface area is 456 Å². The summed E-state index contributed by atoms with van der Waals surface area (Å²) >= 11 is 0. The van der Waals surface area contributed by atoms with Gasteiger partial charge in [-0.25, -0.2) is 19.9 Å². The van der Waals surface area contributed by atoms with Crippen molar-refractivity contribution in [3.05, 3.63) is 180 Å². The molecule has 0 aliphatic rings. The summed E-state index contributed by atoms with van der Waals surface area (Å²) in [5.74, 6) is 2.62. The lowest BCUT2D eigenvalue weighted by molar-refractivity contribution is 0.0942. The highest BCUT2D eigenvalue weighted by atomic mass is 16.5. The Morgan fingerprint density at radius 1 is 0.462 bits per heavy atom. The van der Waals surface area contributed by atoms with Crippen LogP contribution in [-0.4, -0.2) is 115 Å². The average Bonchev–Trinajstić information content (AvgIpc) is 3.52. The molecule has 0 spiro atoms. The number of hydrogen-bond acceptors (Lipinski definition) is 12. The van der Waals surface area contributed by atoms with E-state index in [0.717, 1.165) is 58.2 Å². The van der Waals surface area contributed by atoms with E-state index in [1.54, 1.807) is 18.2 Å². The van der Waals surface area contributed by atoms with Gasteiger partial charge in [-0.05, 0) is 180 Å². The van der Waals surface area contributed by atoms with Crippen LogP contribution in [0.3, 0.4) is 0 Å². The molecule has 0 unspecified atom stereocenters. The maximum atomic E-state index is 13.5. The summed E-state index contributed by atoms with van der Waals surface area (Å²) in [6.45, 7) is 11.1. The third kappa shape index (κ3) is 13.6. The van der Waals surface area contributed by atoms with Gasteiger partial charge in [0.15, 0.2) is 0 Å². The van der Waals surface area contributed by atoms with E-state index in [1.165, 1.54) is 5.56 Å². The van der Waals surface area contributed by atoms with Gasteiger partial charge in [0.2, 0.25) is 0 Å². The highest BCUT2D eigenvalue weighted by Gasteiger charge is 2.20. The van der Waals surface area contributed by atoms with Gasteiger partial charge in [0.25, 0.3) is 11.8 Å². The number of hydrogen-bond donors (Lipinski definition) is 2. The van der Waals surface area contributed by atoms with Gasteiger partial charge in [0.05, 0.1) is 71.3 Å². The van der Waals surface area contributed by atoms with Gasteiger partial charge in [-0.15, -0.1) is 0 Å². The van der Waals surface area contributed by atoms with E-state index < -0.39 is 0 Å². The Bertz CT molecular complexity index is 3480. The van der Waals surface area contributed by atoms with Crippen LogP contribution in [-0.2, 0) is 13.0 Å². The molecule has 0 aliphatic carbocycles. The van der Waals surface area contributed by atoms with Crippen LogP contribution in [0.2, 0.25) is 0 Å². The van der Waals surface area contributed by atoms with Crippen molar-refractivity contribution in [3.63, 3.8) is 0 Å². The van der Waals surface area contributed by atoms with Crippen LogP contribution in [0.4, 0.5) is 0 Å². The average molecular weight is 1040 g/mol. The number of carbonyl (C=O) groups excluding carboxylic acids is 2. The Morgan fingerprint density at radius 2 is 0.910 bits per heavy atom. The normalized spacial score (nSPS) is 11.3. The van der Waals surface area contributed by atoms with Crippen molar-refractivity contribution in [2.24, 2.45) is 0 Å². The number of likely N-dealkylation sites (N-methyl/N-ethyl adjacent to an activating group) is 2. The van der Waals surface area contributed by atoms with Crippen LogP contribution >= 0.6 is 0 Å². The Balaban J connectivity index is 0.957.